The van der Waals surface area contributed by atoms with Gasteiger partial charge < -0.3 is 4.74 Å². The zero-order valence-electron chi connectivity index (χ0n) is 13.5. The Morgan fingerprint density at radius 3 is 2.57 bits per heavy atom. The van der Waals surface area contributed by atoms with Crippen molar-refractivity contribution in [3.63, 3.8) is 0 Å². The molecule has 0 fully saturated rings. The lowest BCUT2D eigenvalue weighted by Gasteiger charge is -2.26. The molecule has 2 nitrogen and oxygen atoms in total. The minimum atomic E-state index is -0.374. The summed E-state index contributed by atoms with van der Waals surface area (Å²) >= 11 is 6.31. The Labute approximate surface area is 141 Å². The Morgan fingerprint density at radius 1 is 1.13 bits per heavy atom. The van der Waals surface area contributed by atoms with Crippen molar-refractivity contribution in [1.29, 1.82) is 0 Å². The van der Waals surface area contributed by atoms with Crippen LogP contribution in [0.1, 0.15) is 47.8 Å². The van der Waals surface area contributed by atoms with E-state index in [1.165, 1.54) is 11.1 Å². The van der Waals surface area contributed by atoms with Gasteiger partial charge in [0.05, 0.1) is 17.2 Å². The first-order valence-electron chi connectivity index (χ1n) is 7.74. The largest absolute Gasteiger partial charge is 0.462 e. The molecule has 0 heterocycles. The number of allylic oxidation sites excluding steroid dienone is 1. The first kappa shape index (κ1) is 15.8. The lowest BCUT2D eigenvalue weighted by Crippen LogP contribution is -2.19. The van der Waals surface area contributed by atoms with E-state index in [1.54, 1.807) is 13.0 Å². The van der Waals surface area contributed by atoms with Crippen LogP contribution in [0.25, 0.3) is 11.6 Å². The molecule has 0 unspecified atom stereocenters. The molecule has 0 aliphatic heterocycles. The molecule has 0 spiro atoms. The summed E-state index contributed by atoms with van der Waals surface area (Å²) in [6.45, 7) is 6.45. The van der Waals surface area contributed by atoms with Crippen molar-refractivity contribution in [3.8, 4) is 0 Å². The Hall–Kier alpha value is -2.06. The molecule has 0 saturated heterocycles. The monoisotopic (exact) mass is 326 g/mol. The highest BCUT2D eigenvalue weighted by Crippen LogP contribution is 2.47. The molecule has 0 bridgehead atoms. The third-order valence-corrected chi connectivity index (χ3v) is 4.71. The van der Waals surface area contributed by atoms with Crippen LogP contribution < -0.4 is 0 Å². The molecular weight excluding hydrogens is 308 g/mol. The van der Waals surface area contributed by atoms with Crippen molar-refractivity contribution in [2.75, 3.05) is 6.61 Å². The number of halogens is 1. The molecule has 0 atom stereocenters. The van der Waals surface area contributed by atoms with Crippen molar-refractivity contribution in [3.05, 3.63) is 69.7 Å². The molecule has 3 heteroatoms. The molecule has 1 aliphatic carbocycles. The predicted molar refractivity (Wildman–Crippen MR) is 94.7 cm³/mol. The Morgan fingerprint density at radius 2 is 1.87 bits per heavy atom. The average Bonchev–Trinajstić information content (AvgIpc) is 2.79. The predicted octanol–water partition coefficient (Wildman–Crippen LogP) is 5.35. The van der Waals surface area contributed by atoms with Gasteiger partial charge in [0, 0.05) is 5.41 Å². The summed E-state index contributed by atoms with van der Waals surface area (Å²) < 4.78 is 5.20. The number of fused-ring (bicyclic) bond motifs is 1. The Bertz CT molecular complexity index is 803. The molecule has 1 aliphatic rings. The van der Waals surface area contributed by atoms with Crippen LogP contribution in [0.3, 0.4) is 0 Å². The minimum Gasteiger partial charge on any atom is -0.462 e. The molecule has 2 aromatic rings. The molecular formula is C20H19ClO2. The van der Waals surface area contributed by atoms with Gasteiger partial charge in [-0.25, -0.2) is 4.79 Å². The molecule has 3 rings (SSSR count). The maximum atomic E-state index is 12.4. The van der Waals surface area contributed by atoms with Gasteiger partial charge >= 0.3 is 5.97 Å². The number of rotatable bonds is 3. The highest BCUT2D eigenvalue weighted by molar-refractivity contribution is 6.34. The third kappa shape index (κ3) is 2.57. The molecule has 23 heavy (non-hydrogen) atoms. The SMILES string of the molecule is CCOC(=O)c1c(Cl)cccc1C1=Cc2ccccc2C1(C)C. The van der Waals surface area contributed by atoms with Crippen LogP contribution in [0.4, 0.5) is 0 Å². The normalized spacial score (nSPS) is 15.0. The number of carbonyl (C=O) groups excluding carboxylic acids is 1. The highest BCUT2D eigenvalue weighted by atomic mass is 35.5. The van der Waals surface area contributed by atoms with Gasteiger partial charge in [0.2, 0.25) is 0 Å². The third-order valence-electron chi connectivity index (χ3n) is 4.39. The molecule has 0 aromatic heterocycles. The molecule has 0 saturated carbocycles. The van der Waals surface area contributed by atoms with Crippen molar-refractivity contribution in [2.24, 2.45) is 0 Å². The van der Waals surface area contributed by atoms with E-state index in [1.807, 2.05) is 24.3 Å². The Balaban J connectivity index is 2.18. The standard InChI is InChI=1S/C20H19ClO2/c1-4-23-19(22)18-14(9-7-11-17(18)21)16-12-13-8-5-6-10-15(13)20(16,2)3/h5-12H,4H2,1-3H3. The molecule has 118 valence electrons. The van der Waals surface area contributed by atoms with Crippen LogP contribution in [0, 0.1) is 0 Å². The molecule has 2 aromatic carbocycles. The van der Waals surface area contributed by atoms with Gasteiger partial charge in [0.15, 0.2) is 0 Å². The quantitative estimate of drug-likeness (QED) is 0.711. The van der Waals surface area contributed by atoms with Crippen LogP contribution in [-0.2, 0) is 10.2 Å². The number of ether oxygens (including phenoxy) is 1. The van der Waals surface area contributed by atoms with E-state index in [0.29, 0.717) is 17.2 Å². The second-order valence-corrected chi connectivity index (χ2v) is 6.56. The van der Waals surface area contributed by atoms with Crippen LogP contribution in [-0.4, -0.2) is 12.6 Å². The maximum absolute atomic E-state index is 12.4. The van der Waals surface area contributed by atoms with Gasteiger partial charge in [-0.3, -0.25) is 0 Å². The summed E-state index contributed by atoms with van der Waals surface area (Å²) in [7, 11) is 0. The van der Waals surface area contributed by atoms with Crippen LogP contribution in [0.15, 0.2) is 42.5 Å². The van der Waals surface area contributed by atoms with E-state index >= 15 is 0 Å². The zero-order valence-corrected chi connectivity index (χ0v) is 14.3. The summed E-state index contributed by atoms with van der Waals surface area (Å²) in [5, 5.41) is 0.425. The van der Waals surface area contributed by atoms with E-state index in [0.717, 1.165) is 11.1 Å². The topological polar surface area (TPSA) is 26.3 Å². The zero-order chi connectivity index (χ0) is 16.6. The van der Waals surface area contributed by atoms with Crippen LogP contribution in [0.2, 0.25) is 5.02 Å². The Kier molecular flexibility index (Phi) is 4.03. The van der Waals surface area contributed by atoms with Gasteiger partial charge in [-0.15, -0.1) is 0 Å². The highest BCUT2D eigenvalue weighted by Gasteiger charge is 2.35. The second-order valence-electron chi connectivity index (χ2n) is 6.15. The van der Waals surface area contributed by atoms with Crippen LogP contribution >= 0.6 is 11.6 Å². The van der Waals surface area contributed by atoms with Gasteiger partial charge in [0.1, 0.15) is 0 Å². The smallest absolute Gasteiger partial charge is 0.340 e. The lowest BCUT2D eigenvalue weighted by atomic mass is 9.77. The van der Waals surface area contributed by atoms with Gasteiger partial charge in [-0.2, -0.15) is 0 Å². The van der Waals surface area contributed by atoms with Gasteiger partial charge in [-0.05, 0) is 41.3 Å². The first-order chi connectivity index (χ1) is 11.0. The summed E-state index contributed by atoms with van der Waals surface area (Å²) in [5.41, 5.74) is 4.62. The summed E-state index contributed by atoms with van der Waals surface area (Å²) in [5.74, 6) is -0.374. The fraction of sp³-hybridized carbons (Fsp3) is 0.250. The fourth-order valence-corrected chi connectivity index (χ4v) is 3.50. The van der Waals surface area contributed by atoms with Gasteiger partial charge in [-0.1, -0.05) is 61.8 Å². The van der Waals surface area contributed by atoms with Crippen molar-refractivity contribution < 1.29 is 9.53 Å². The number of hydrogen-bond acceptors (Lipinski definition) is 2. The van der Waals surface area contributed by atoms with E-state index < -0.39 is 0 Å². The summed E-state index contributed by atoms with van der Waals surface area (Å²) in [6, 6.07) is 13.8. The lowest BCUT2D eigenvalue weighted by molar-refractivity contribution is 0.0526. The first-order valence-corrected chi connectivity index (χ1v) is 8.12. The van der Waals surface area contributed by atoms with Crippen molar-refractivity contribution in [2.45, 2.75) is 26.2 Å². The molecule has 0 radical (unpaired) electrons. The van der Waals surface area contributed by atoms with E-state index in [2.05, 4.69) is 32.1 Å². The summed E-state index contributed by atoms with van der Waals surface area (Å²) in [4.78, 5) is 12.4. The number of esters is 1. The van der Waals surface area contributed by atoms with E-state index in [4.69, 9.17) is 16.3 Å². The maximum Gasteiger partial charge on any atom is 0.340 e. The van der Waals surface area contributed by atoms with Gasteiger partial charge in [0.25, 0.3) is 0 Å². The number of carbonyl (C=O) groups is 1. The number of hydrogen-bond donors (Lipinski definition) is 0. The van der Waals surface area contributed by atoms with Crippen molar-refractivity contribution in [1.82, 2.24) is 0 Å². The summed E-state index contributed by atoms with van der Waals surface area (Å²) in [6.07, 6.45) is 2.14. The average molecular weight is 327 g/mol. The molecule has 0 amide bonds. The van der Waals surface area contributed by atoms with Crippen LogP contribution in [0.5, 0.6) is 0 Å². The minimum absolute atomic E-state index is 0.192. The number of benzene rings is 2. The van der Waals surface area contributed by atoms with Crippen molar-refractivity contribution >= 4 is 29.2 Å². The van der Waals surface area contributed by atoms with E-state index in [-0.39, 0.29) is 11.4 Å². The second kappa shape index (κ2) is 5.86. The van der Waals surface area contributed by atoms with E-state index in [9.17, 15) is 4.79 Å². The molecule has 0 N–H and O–H groups in total. The fourth-order valence-electron chi connectivity index (χ4n) is 3.25.